The molecule has 0 aliphatic carbocycles. The number of aryl methyl sites for hydroxylation is 2. The van der Waals surface area contributed by atoms with Crippen LogP contribution in [0.15, 0.2) is 23.2 Å². The van der Waals surface area contributed by atoms with Gasteiger partial charge < -0.3 is 14.4 Å². The molecule has 6 heteroatoms. The van der Waals surface area contributed by atoms with Crippen LogP contribution in [0.3, 0.4) is 0 Å². The molecule has 0 aromatic carbocycles. The zero-order chi connectivity index (χ0) is 11.2. The topological polar surface area (TPSA) is 68.8 Å². The molecule has 2 rings (SSSR count). The Kier molecular flexibility index (Phi) is 3.66. The van der Waals surface area contributed by atoms with Gasteiger partial charge in [-0.1, -0.05) is 5.16 Å². The predicted octanol–water partition coefficient (Wildman–Crippen LogP) is 0.754. The maximum absolute atomic E-state index is 4.87. The second-order valence-corrected chi connectivity index (χ2v) is 3.56. The highest BCUT2D eigenvalue weighted by atomic mass is 16.5. The SMILES string of the molecule is Cc1nc(CNCCCn2ccnc2)no1. The van der Waals surface area contributed by atoms with Gasteiger partial charge in [-0.15, -0.1) is 0 Å². The third kappa shape index (κ3) is 3.16. The molecule has 0 aliphatic heterocycles. The second kappa shape index (κ2) is 5.41. The summed E-state index contributed by atoms with van der Waals surface area (Å²) < 4.78 is 6.92. The third-order valence-corrected chi connectivity index (χ3v) is 2.18. The molecule has 0 radical (unpaired) electrons. The predicted molar refractivity (Wildman–Crippen MR) is 57.6 cm³/mol. The van der Waals surface area contributed by atoms with Crippen LogP contribution in [0.25, 0.3) is 0 Å². The average Bonchev–Trinajstić information content (AvgIpc) is 2.89. The van der Waals surface area contributed by atoms with Gasteiger partial charge in [0, 0.05) is 25.9 Å². The summed E-state index contributed by atoms with van der Waals surface area (Å²) in [5.41, 5.74) is 0. The summed E-state index contributed by atoms with van der Waals surface area (Å²) in [4.78, 5) is 8.08. The van der Waals surface area contributed by atoms with Crippen LogP contribution in [-0.4, -0.2) is 26.2 Å². The highest BCUT2D eigenvalue weighted by Gasteiger charge is 2.00. The lowest BCUT2D eigenvalue weighted by Crippen LogP contribution is -2.17. The standard InChI is InChI=1S/C10H15N5O/c1-9-13-10(14-16-9)7-11-3-2-5-15-6-4-12-8-15/h4,6,8,11H,2-3,5,7H2,1H3. The minimum Gasteiger partial charge on any atom is -0.340 e. The van der Waals surface area contributed by atoms with E-state index in [0.29, 0.717) is 18.3 Å². The van der Waals surface area contributed by atoms with Crippen molar-refractivity contribution in [1.82, 2.24) is 25.0 Å². The molecule has 0 spiro atoms. The van der Waals surface area contributed by atoms with Gasteiger partial charge >= 0.3 is 0 Å². The minimum absolute atomic E-state index is 0.607. The molecule has 1 N–H and O–H groups in total. The molecule has 0 unspecified atom stereocenters. The van der Waals surface area contributed by atoms with Crippen molar-refractivity contribution in [2.24, 2.45) is 0 Å². The summed E-state index contributed by atoms with van der Waals surface area (Å²) in [6.07, 6.45) is 6.62. The largest absolute Gasteiger partial charge is 0.340 e. The van der Waals surface area contributed by atoms with Crippen molar-refractivity contribution < 1.29 is 4.52 Å². The fraction of sp³-hybridized carbons (Fsp3) is 0.500. The van der Waals surface area contributed by atoms with Crippen LogP contribution < -0.4 is 5.32 Å². The molecule has 6 nitrogen and oxygen atoms in total. The number of imidazole rings is 1. The van der Waals surface area contributed by atoms with Gasteiger partial charge in [0.15, 0.2) is 5.82 Å². The third-order valence-electron chi connectivity index (χ3n) is 2.18. The van der Waals surface area contributed by atoms with E-state index in [1.165, 1.54) is 0 Å². The highest BCUT2D eigenvalue weighted by molar-refractivity contribution is 4.82. The van der Waals surface area contributed by atoms with Crippen molar-refractivity contribution >= 4 is 0 Å². The van der Waals surface area contributed by atoms with Crippen LogP contribution in [0.2, 0.25) is 0 Å². The quantitative estimate of drug-likeness (QED) is 0.729. The van der Waals surface area contributed by atoms with Crippen LogP contribution in [0.4, 0.5) is 0 Å². The number of aromatic nitrogens is 4. The van der Waals surface area contributed by atoms with Gasteiger partial charge in [0.2, 0.25) is 5.89 Å². The van der Waals surface area contributed by atoms with E-state index in [1.54, 1.807) is 13.1 Å². The normalized spacial score (nSPS) is 10.8. The fourth-order valence-electron chi connectivity index (χ4n) is 1.42. The van der Waals surface area contributed by atoms with Crippen LogP contribution in [-0.2, 0) is 13.1 Å². The van der Waals surface area contributed by atoms with Gasteiger partial charge in [-0.25, -0.2) is 4.98 Å². The molecule has 0 fully saturated rings. The average molecular weight is 221 g/mol. The number of nitrogens with zero attached hydrogens (tertiary/aromatic N) is 4. The van der Waals surface area contributed by atoms with Crippen molar-refractivity contribution in [3.63, 3.8) is 0 Å². The molecule has 0 aliphatic rings. The number of hydrogen-bond acceptors (Lipinski definition) is 5. The lowest BCUT2D eigenvalue weighted by atomic mass is 10.4. The summed E-state index contributed by atoms with van der Waals surface area (Å²) >= 11 is 0. The maximum Gasteiger partial charge on any atom is 0.223 e. The van der Waals surface area contributed by atoms with Gasteiger partial charge in [0.05, 0.1) is 12.9 Å². The first-order valence-corrected chi connectivity index (χ1v) is 5.30. The molecule has 0 bridgehead atoms. The first-order chi connectivity index (χ1) is 7.84. The van der Waals surface area contributed by atoms with Gasteiger partial charge in [-0.2, -0.15) is 4.98 Å². The fourth-order valence-corrected chi connectivity index (χ4v) is 1.42. The molecule has 86 valence electrons. The molecule has 0 saturated heterocycles. The van der Waals surface area contributed by atoms with Crippen LogP contribution >= 0.6 is 0 Å². The molecular formula is C10H15N5O. The lowest BCUT2D eigenvalue weighted by molar-refractivity contribution is 0.385. The summed E-state index contributed by atoms with van der Waals surface area (Å²) in [6, 6.07) is 0. The number of rotatable bonds is 6. The zero-order valence-corrected chi connectivity index (χ0v) is 9.26. The summed E-state index contributed by atoms with van der Waals surface area (Å²) in [6.45, 7) is 4.33. The molecule has 2 heterocycles. The molecule has 2 aromatic rings. The van der Waals surface area contributed by atoms with Gasteiger partial charge in [-0.05, 0) is 13.0 Å². The molecule has 0 saturated carbocycles. The van der Waals surface area contributed by atoms with Gasteiger partial charge in [0.1, 0.15) is 0 Å². The van der Waals surface area contributed by atoms with Gasteiger partial charge in [-0.3, -0.25) is 0 Å². The van der Waals surface area contributed by atoms with E-state index in [9.17, 15) is 0 Å². The lowest BCUT2D eigenvalue weighted by Gasteiger charge is -2.02. The Labute approximate surface area is 93.7 Å². The first-order valence-electron chi connectivity index (χ1n) is 5.30. The van der Waals surface area contributed by atoms with Crippen LogP contribution in [0, 0.1) is 6.92 Å². The van der Waals surface area contributed by atoms with E-state index >= 15 is 0 Å². The molecular weight excluding hydrogens is 206 g/mol. The number of hydrogen-bond donors (Lipinski definition) is 1. The molecule has 0 atom stereocenters. The van der Waals surface area contributed by atoms with E-state index in [-0.39, 0.29) is 0 Å². The smallest absolute Gasteiger partial charge is 0.223 e. The van der Waals surface area contributed by atoms with Gasteiger partial charge in [0.25, 0.3) is 0 Å². The van der Waals surface area contributed by atoms with E-state index in [2.05, 4.69) is 25.0 Å². The Balaban J connectivity index is 1.59. The van der Waals surface area contributed by atoms with Crippen molar-refractivity contribution in [3.8, 4) is 0 Å². The van der Waals surface area contributed by atoms with Crippen molar-refractivity contribution in [1.29, 1.82) is 0 Å². The number of nitrogens with one attached hydrogen (secondary N) is 1. The van der Waals surface area contributed by atoms with Crippen molar-refractivity contribution in [3.05, 3.63) is 30.4 Å². The van der Waals surface area contributed by atoms with E-state index in [4.69, 9.17) is 4.52 Å². The van der Waals surface area contributed by atoms with E-state index in [1.807, 2.05) is 12.5 Å². The molecule has 2 aromatic heterocycles. The monoisotopic (exact) mass is 221 g/mol. The minimum atomic E-state index is 0.607. The maximum atomic E-state index is 4.87. The van der Waals surface area contributed by atoms with Crippen LogP contribution in [0.5, 0.6) is 0 Å². The summed E-state index contributed by atoms with van der Waals surface area (Å²) in [7, 11) is 0. The first kappa shape index (κ1) is 10.8. The highest BCUT2D eigenvalue weighted by Crippen LogP contribution is 1.94. The Hall–Kier alpha value is -1.69. The van der Waals surface area contributed by atoms with E-state index in [0.717, 1.165) is 19.5 Å². The summed E-state index contributed by atoms with van der Waals surface area (Å²) in [5, 5.41) is 7.06. The summed E-state index contributed by atoms with van der Waals surface area (Å²) in [5.74, 6) is 1.32. The Morgan fingerprint density at radius 2 is 2.44 bits per heavy atom. The van der Waals surface area contributed by atoms with Crippen LogP contribution in [0.1, 0.15) is 18.1 Å². The molecule has 16 heavy (non-hydrogen) atoms. The molecule has 0 amide bonds. The van der Waals surface area contributed by atoms with Crippen molar-refractivity contribution in [2.45, 2.75) is 26.4 Å². The Morgan fingerprint density at radius 1 is 1.50 bits per heavy atom. The van der Waals surface area contributed by atoms with Crippen molar-refractivity contribution in [2.75, 3.05) is 6.54 Å². The zero-order valence-electron chi connectivity index (χ0n) is 9.26. The van der Waals surface area contributed by atoms with E-state index < -0.39 is 0 Å². The Bertz CT molecular complexity index is 409. The second-order valence-electron chi connectivity index (χ2n) is 3.56. The Morgan fingerprint density at radius 3 is 3.12 bits per heavy atom.